The summed E-state index contributed by atoms with van der Waals surface area (Å²) in [6.07, 6.45) is 0.544. The van der Waals surface area contributed by atoms with E-state index in [2.05, 4.69) is 4.98 Å². The van der Waals surface area contributed by atoms with Crippen molar-refractivity contribution in [3.05, 3.63) is 32.6 Å². The summed E-state index contributed by atoms with van der Waals surface area (Å²) in [6.45, 7) is 1.33. The van der Waals surface area contributed by atoms with Crippen LogP contribution in [0.4, 0.5) is 0 Å². The van der Waals surface area contributed by atoms with Crippen LogP contribution in [0.15, 0.2) is 15.8 Å². The Balaban J connectivity index is 2.32. The maximum Gasteiger partial charge on any atom is 0.330 e. The van der Waals surface area contributed by atoms with Gasteiger partial charge in [-0.05, 0) is 6.92 Å². The van der Waals surface area contributed by atoms with Gasteiger partial charge in [-0.2, -0.15) is 5.06 Å². The lowest BCUT2D eigenvalue weighted by Gasteiger charge is -2.20. The van der Waals surface area contributed by atoms with Gasteiger partial charge in [0.25, 0.3) is 5.56 Å². The SMILES string of the molecule is Cc1cn([C@H]2C[C@H](N(C)O)[C@@H](CO)O2)c(=O)[nH]c1=O. The Morgan fingerprint density at radius 3 is 2.79 bits per heavy atom. The fraction of sp³-hybridized carbons (Fsp3) is 0.636. The maximum absolute atomic E-state index is 11.7. The van der Waals surface area contributed by atoms with Crippen LogP contribution in [-0.4, -0.2) is 50.7 Å². The molecule has 0 spiro atoms. The van der Waals surface area contributed by atoms with Crippen molar-refractivity contribution < 1.29 is 15.1 Å². The number of aliphatic hydroxyl groups is 1. The molecular weight excluding hydrogens is 254 g/mol. The number of aliphatic hydroxyl groups excluding tert-OH is 1. The molecule has 1 aromatic heterocycles. The van der Waals surface area contributed by atoms with Crippen molar-refractivity contribution in [2.24, 2.45) is 0 Å². The summed E-state index contributed by atoms with van der Waals surface area (Å²) in [7, 11) is 1.46. The summed E-state index contributed by atoms with van der Waals surface area (Å²) < 4.78 is 6.80. The van der Waals surface area contributed by atoms with Crippen LogP contribution < -0.4 is 11.2 Å². The minimum absolute atomic E-state index is 0.261. The number of hydrogen-bond donors (Lipinski definition) is 3. The number of likely N-dealkylation sites (N-methyl/N-ethyl adjacent to an activating group) is 1. The van der Waals surface area contributed by atoms with Crippen LogP contribution in [0.25, 0.3) is 0 Å². The zero-order valence-corrected chi connectivity index (χ0v) is 10.7. The molecule has 0 aromatic carbocycles. The molecule has 3 N–H and O–H groups in total. The Hall–Kier alpha value is -1.48. The summed E-state index contributed by atoms with van der Waals surface area (Å²) in [5.41, 5.74) is -0.614. The average Bonchev–Trinajstić information content (AvgIpc) is 2.77. The molecule has 1 fully saturated rings. The van der Waals surface area contributed by atoms with Crippen molar-refractivity contribution in [2.45, 2.75) is 31.7 Å². The van der Waals surface area contributed by atoms with E-state index in [1.54, 1.807) is 6.92 Å². The lowest BCUT2D eigenvalue weighted by molar-refractivity contribution is -0.128. The number of H-pyrrole nitrogens is 1. The molecule has 0 aliphatic carbocycles. The van der Waals surface area contributed by atoms with Crippen molar-refractivity contribution in [3.63, 3.8) is 0 Å². The van der Waals surface area contributed by atoms with Crippen LogP contribution >= 0.6 is 0 Å². The predicted molar refractivity (Wildman–Crippen MR) is 65.0 cm³/mol. The van der Waals surface area contributed by atoms with E-state index >= 15 is 0 Å². The predicted octanol–water partition coefficient (Wildman–Crippen LogP) is -1.19. The quantitative estimate of drug-likeness (QED) is 0.597. The van der Waals surface area contributed by atoms with E-state index in [0.717, 1.165) is 5.06 Å². The summed E-state index contributed by atoms with van der Waals surface area (Å²) in [6, 6.07) is -0.408. The smallest absolute Gasteiger partial charge is 0.330 e. The highest BCUT2D eigenvalue weighted by atomic mass is 16.5. The van der Waals surface area contributed by atoms with E-state index < -0.39 is 29.6 Å². The molecule has 2 heterocycles. The standard InChI is InChI=1S/C11H17N3O5/c1-6-4-14(11(17)12-10(6)16)9-3-7(13(2)18)8(5-15)19-9/h4,7-9,15,18H,3,5H2,1-2H3,(H,12,16,17)/t7-,8+,9+/m0/s1. The van der Waals surface area contributed by atoms with Crippen LogP contribution in [0.1, 0.15) is 18.2 Å². The molecule has 1 saturated heterocycles. The van der Waals surface area contributed by atoms with Gasteiger partial charge >= 0.3 is 5.69 Å². The first-order valence-corrected chi connectivity index (χ1v) is 5.94. The number of aromatic nitrogens is 2. The fourth-order valence-electron chi connectivity index (χ4n) is 2.24. The van der Waals surface area contributed by atoms with Gasteiger partial charge in [-0.15, -0.1) is 0 Å². The first kappa shape index (κ1) is 13.9. The van der Waals surface area contributed by atoms with Crippen LogP contribution in [0.2, 0.25) is 0 Å². The Bertz CT molecular complexity index is 564. The molecule has 3 atom stereocenters. The number of aryl methyl sites for hydroxylation is 1. The highest BCUT2D eigenvalue weighted by Crippen LogP contribution is 2.29. The first-order valence-electron chi connectivity index (χ1n) is 5.94. The second-order valence-electron chi connectivity index (χ2n) is 4.67. The van der Waals surface area contributed by atoms with Crippen LogP contribution in [0.3, 0.4) is 0 Å². The number of nitrogens with zero attached hydrogens (tertiary/aromatic N) is 2. The van der Waals surface area contributed by atoms with Crippen LogP contribution in [0, 0.1) is 6.92 Å². The maximum atomic E-state index is 11.7. The summed E-state index contributed by atoms with van der Waals surface area (Å²) >= 11 is 0. The van der Waals surface area contributed by atoms with Gasteiger partial charge in [0.15, 0.2) is 0 Å². The molecule has 0 bridgehead atoms. The van der Waals surface area contributed by atoms with Crippen LogP contribution in [-0.2, 0) is 4.74 Å². The van der Waals surface area contributed by atoms with E-state index in [0.29, 0.717) is 12.0 Å². The Morgan fingerprint density at radius 2 is 2.26 bits per heavy atom. The van der Waals surface area contributed by atoms with E-state index in [1.807, 2.05) is 0 Å². The lowest BCUT2D eigenvalue weighted by Crippen LogP contribution is -2.37. The minimum atomic E-state index is -0.625. The molecule has 8 heteroatoms. The minimum Gasteiger partial charge on any atom is -0.394 e. The molecule has 19 heavy (non-hydrogen) atoms. The molecular formula is C11H17N3O5. The van der Waals surface area contributed by atoms with Gasteiger partial charge in [-0.25, -0.2) is 4.79 Å². The van der Waals surface area contributed by atoms with Crippen molar-refractivity contribution in [2.75, 3.05) is 13.7 Å². The molecule has 0 amide bonds. The lowest BCUT2D eigenvalue weighted by atomic mass is 10.1. The largest absolute Gasteiger partial charge is 0.394 e. The zero-order chi connectivity index (χ0) is 14.2. The first-order chi connectivity index (χ1) is 8.93. The second-order valence-corrected chi connectivity index (χ2v) is 4.67. The van der Waals surface area contributed by atoms with E-state index in [9.17, 15) is 19.9 Å². The molecule has 0 saturated carbocycles. The number of hydroxylamine groups is 2. The molecule has 0 unspecified atom stereocenters. The molecule has 106 valence electrons. The molecule has 2 rings (SSSR count). The van der Waals surface area contributed by atoms with Gasteiger partial charge in [0.05, 0.1) is 12.6 Å². The number of rotatable bonds is 3. The molecule has 1 aliphatic rings. The molecule has 1 aliphatic heterocycles. The van der Waals surface area contributed by atoms with Crippen molar-refractivity contribution in [3.8, 4) is 0 Å². The van der Waals surface area contributed by atoms with Crippen molar-refractivity contribution in [1.82, 2.24) is 14.6 Å². The van der Waals surface area contributed by atoms with E-state index in [1.165, 1.54) is 17.8 Å². The zero-order valence-electron chi connectivity index (χ0n) is 10.7. The van der Waals surface area contributed by atoms with Gasteiger partial charge < -0.3 is 15.1 Å². The number of aromatic amines is 1. The summed E-state index contributed by atoms with van der Waals surface area (Å²) in [5, 5.41) is 19.7. The van der Waals surface area contributed by atoms with Gasteiger partial charge in [-0.3, -0.25) is 14.3 Å². The highest BCUT2D eigenvalue weighted by molar-refractivity contribution is 5.02. The van der Waals surface area contributed by atoms with Crippen molar-refractivity contribution >= 4 is 0 Å². The third-order valence-corrected chi connectivity index (χ3v) is 3.32. The average molecular weight is 271 g/mol. The van der Waals surface area contributed by atoms with E-state index in [-0.39, 0.29) is 6.61 Å². The number of ether oxygens (including phenoxy) is 1. The van der Waals surface area contributed by atoms with Gasteiger partial charge in [0, 0.05) is 25.2 Å². The van der Waals surface area contributed by atoms with Crippen LogP contribution in [0.5, 0.6) is 0 Å². The third kappa shape index (κ3) is 2.61. The molecule has 0 radical (unpaired) electrons. The Labute approximate surface area is 108 Å². The number of nitrogens with one attached hydrogen (secondary N) is 1. The second kappa shape index (κ2) is 5.25. The van der Waals surface area contributed by atoms with Gasteiger partial charge in [-0.1, -0.05) is 0 Å². The Kier molecular flexibility index (Phi) is 3.85. The Morgan fingerprint density at radius 1 is 1.58 bits per heavy atom. The molecule has 1 aromatic rings. The third-order valence-electron chi connectivity index (χ3n) is 3.32. The fourth-order valence-corrected chi connectivity index (χ4v) is 2.24. The normalized spacial score (nSPS) is 27.1. The van der Waals surface area contributed by atoms with Gasteiger partial charge in [0.1, 0.15) is 12.3 Å². The topological polar surface area (TPSA) is 108 Å². The van der Waals surface area contributed by atoms with E-state index in [4.69, 9.17) is 4.74 Å². The van der Waals surface area contributed by atoms with Gasteiger partial charge in [0.2, 0.25) is 0 Å². The monoisotopic (exact) mass is 271 g/mol. The summed E-state index contributed by atoms with van der Waals surface area (Å²) in [4.78, 5) is 25.2. The highest BCUT2D eigenvalue weighted by Gasteiger charge is 2.38. The summed E-state index contributed by atoms with van der Waals surface area (Å²) in [5.74, 6) is 0. The van der Waals surface area contributed by atoms with Crippen molar-refractivity contribution in [1.29, 1.82) is 0 Å². The molecule has 8 nitrogen and oxygen atoms in total. The number of hydrogen-bond acceptors (Lipinski definition) is 6.